The van der Waals surface area contributed by atoms with Gasteiger partial charge in [0.1, 0.15) is 24.4 Å². The third-order valence-electron chi connectivity index (χ3n) is 10.4. The summed E-state index contributed by atoms with van der Waals surface area (Å²) in [5.74, 6) is -1.19. The largest absolute Gasteiger partial charge is 0.377 e. The summed E-state index contributed by atoms with van der Waals surface area (Å²) in [4.78, 5) is 0. The highest BCUT2D eigenvalue weighted by molar-refractivity contribution is 5.39. The van der Waals surface area contributed by atoms with Crippen molar-refractivity contribution in [3.8, 4) is 0 Å². The number of unbranched alkanes of at least 4 members (excludes halogenated alkanes) is 1. The second-order valence-electron chi connectivity index (χ2n) is 14.3. The number of benzene rings is 5. The summed E-state index contributed by atoms with van der Waals surface area (Å²) in [5, 5.41) is 0. The third-order valence-corrected chi connectivity index (χ3v) is 10.4. The molecule has 0 amide bonds. The second kappa shape index (κ2) is 18.8. The first-order valence-corrected chi connectivity index (χ1v) is 19.3. The smallest absolute Gasteiger partial charge is 0.225 e. The fourth-order valence-corrected chi connectivity index (χ4v) is 7.43. The van der Waals surface area contributed by atoms with Crippen molar-refractivity contribution in [1.29, 1.82) is 0 Å². The summed E-state index contributed by atoms with van der Waals surface area (Å²) in [7, 11) is 0. The highest BCUT2D eigenvalue weighted by Gasteiger charge is 2.63. The average molecular weight is 725 g/mol. The molecule has 0 radical (unpaired) electrons. The van der Waals surface area contributed by atoms with Crippen LogP contribution in [-0.2, 0) is 66.9 Å². The van der Waals surface area contributed by atoms with Crippen molar-refractivity contribution >= 4 is 0 Å². The van der Waals surface area contributed by atoms with Crippen molar-refractivity contribution in [3.05, 3.63) is 191 Å². The molecular weight excluding hydrogens is 673 g/mol. The molecule has 0 aromatic heterocycles. The normalized spacial score (nSPS) is 21.9. The molecule has 280 valence electrons. The lowest BCUT2D eigenvalue weighted by atomic mass is 9.87. The Morgan fingerprint density at radius 2 is 1.26 bits per heavy atom. The van der Waals surface area contributed by atoms with Crippen LogP contribution in [0.15, 0.2) is 146 Å². The van der Waals surface area contributed by atoms with Gasteiger partial charge in [-0.3, -0.25) is 0 Å². The number of ether oxygens (including phenoxy) is 6. The van der Waals surface area contributed by atoms with E-state index in [1.54, 1.807) is 6.08 Å². The highest BCUT2D eigenvalue weighted by atomic mass is 16.8. The van der Waals surface area contributed by atoms with Crippen LogP contribution in [-0.4, -0.2) is 44.2 Å². The molecule has 2 heterocycles. The Labute approximate surface area is 320 Å². The summed E-state index contributed by atoms with van der Waals surface area (Å²) >= 11 is 0. The minimum absolute atomic E-state index is 0.350. The predicted molar refractivity (Wildman–Crippen MR) is 212 cm³/mol. The van der Waals surface area contributed by atoms with Gasteiger partial charge in [-0.05, 0) is 77.6 Å². The molecule has 6 nitrogen and oxygen atoms in total. The summed E-state index contributed by atoms with van der Waals surface area (Å²) in [6.45, 7) is 8.83. The fourth-order valence-electron chi connectivity index (χ4n) is 7.43. The van der Waals surface area contributed by atoms with E-state index in [0.717, 1.165) is 54.5 Å². The van der Waals surface area contributed by atoms with Crippen molar-refractivity contribution in [2.75, 3.05) is 19.8 Å². The predicted octanol–water partition coefficient (Wildman–Crippen LogP) is 9.45. The molecule has 7 rings (SSSR count). The fraction of sp³-hybridized carbons (Fsp3) is 0.333. The minimum Gasteiger partial charge on any atom is -0.377 e. The zero-order chi connectivity index (χ0) is 37.0. The molecule has 0 N–H and O–H groups in total. The van der Waals surface area contributed by atoms with Crippen LogP contribution < -0.4 is 0 Å². The van der Waals surface area contributed by atoms with Crippen LogP contribution in [0.25, 0.3) is 0 Å². The standard InChI is InChI=1S/C48H52O6/c1-3-28-49-29-14-13-15-37-23-25-38(26-24-37)30-42-31-43(27-22-36(42)2)48-47(52-34-41-20-11-6-12-21-41)46(51-33-40-18-9-5-10-19-40)45(44(54-48)35-53-48)50-32-39-16-7-4-8-17-39/h3-12,16-27,31,44-47H,1,13-15,28-30,32-35H2,2H3/t44-,45-,46-,47+,48-/m0/s1. The van der Waals surface area contributed by atoms with Gasteiger partial charge in [0, 0.05) is 12.2 Å². The number of aryl methyl sites for hydroxylation is 2. The van der Waals surface area contributed by atoms with Gasteiger partial charge in [0.15, 0.2) is 0 Å². The molecule has 2 aliphatic heterocycles. The second-order valence-corrected chi connectivity index (χ2v) is 14.3. The van der Waals surface area contributed by atoms with Gasteiger partial charge in [-0.1, -0.05) is 133 Å². The van der Waals surface area contributed by atoms with E-state index in [2.05, 4.69) is 92.4 Å². The van der Waals surface area contributed by atoms with Crippen LogP contribution in [0, 0.1) is 6.92 Å². The molecule has 2 aliphatic rings. The average Bonchev–Trinajstić information content (AvgIpc) is 3.61. The zero-order valence-electron chi connectivity index (χ0n) is 31.3. The number of rotatable bonds is 19. The van der Waals surface area contributed by atoms with Crippen LogP contribution >= 0.6 is 0 Å². The number of hydrogen-bond donors (Lipinski definition) is 0. The molecule has 0 unspecified atom stereocenters. The molecule has 2 fully saturated rings. The van der Waals surface area contributed by atoms with Crippen molar-refractivity contribution in [2.45, 2.75) is 82.6 Å². The number of hydrogen-bond acceptors (Lipinski definition) is 6. The lowest BCUT2D eigenvalue weighted by Crippen LogP contribution is -2.61. The molecule has 0 spiro atoms. The van der Waals surface area contributed by atoms with Gasteiger partial charge >= 0.3 is 0 Å². The van der Waals surface area contributed by atoms with E-state index >= 15 is 0 Å². The number of fused-ring (bicyclic) bond motifs is 2. The Morgan fingerprint density at radius 3 is 1.89 bits per heavy atom. The first-order valence-electron chi connectivity index (χ1n) is 19.3. The van der Waals surface area contributed by atoms with E-state index < -0.39 is 24.1 Å². The van der Waals surface area contributed by atoms with E-state index in [4.69, 9.17) is 28.4 Å². The van der Waals surface area contributed by atoms with Crippen LogP contribution in [0.1, 0.15) is 57.3 Å². The Bertz CT molecular complexity index is 1880. The first-order chi connectivity index (χ1) is 26.6. The van der Waals surface area contributed by atoms with Gasteiger partial charge in [0.25, 0.3) is 0 Å². The minimum atomic E-state index is -1.19. The van der Waals surface area contributed by atoms with Crippen LogP contribution in [0.3, 0.4) is 0 Å². The van der Waals surface area contributed by atoms with Crippen molar-refractivity contribution in [3.63, 3.8) is 0 Å². The molecule has 0 saturated carbocycles. The zero-order valence-corrected chi connectivity index (χ0v) is 31.3. The summed E-state index contributed by atoms with van der Waals surface area (Å²) in [5.41, 5.74) is 9.19. The van der Waals surface area contributed by atoms with Gasteiger partial charge in [-0.15, -0.1) is 6.58 Å². The Balaban J connectivity index is 1.16. The van der Waals surface area contributed by atoms with Crippen LogP contribution in [0.5, 0.6) is 0 Å². The topological polar surface area (TPSA) is 55.4 Å². The lowest BCUT2D eigenvalue weighted by Gasteiger charge is -2.47. The molecule has 54 heavy (non-hydrogen) atoms. The van der Waals surface area contributed by atoms with Crippen molar-refractivity contribution in [1.82, 2.24) is 0 Å². The molecule has 5 aromatic rings. The monoisotopic (exact) mass is 724 g/mol. The molecule has 5 atom stereocenters. The Hall–Kier alpha value is -4.40. The van der Waals surface area contributed by atoms with Crippen molar-refractivity contribution in [2.24, 2.45) is 0 Å². The molecule has 2 bridgehead atoms. The summed E-state index contributed by atoms with van der Waals surface area (Å²) in [6, 6.07) is 46.3. The SMILES string of the molecule is C=CCOCCCCc1ccc(Cc2cc([C@]34OC[C@H](O3)[C@H](OCc3ccccc3)[C@H](OCc3ccccc3)[C@H]4OCc3ccccc3)ccc2C)cc1. The molecule has 6 heteroatoms. The van der Waals surface area contributed by atoms with E-state index in [1.165, 1.54) is 22.3 Å². The maximum atomic E-state index is 7.02. The van der Waals surface area contributed by atoms with Gasteiger partial charge in [0.2, 0.25) is 5.79 Å². The highest BCUT2D eigenvalue weighted by Crippen LogP contribution is 2.48. The van der Waals surface area contributed by atoms with Gasteiger partial charge < -0.3 is 28.4 Å². The molecule has 2 saturated heterocycles. The molecule has 5 aromatic carbocycles. The molecule has 0 aliphatic carbocycles. The van der Waals surface area contributed by atoms with Gasteiger partial charge in [0.05, 0.1) is 33.0 Å². The maximum Gasteiger partial charge on any atom is 0.225 e. The Morgan fingerprint density at radius 1 is 0.667 bits per heavy atom. The van der Waals surface area contributed by atoms with Crippen LogP contribution in [0.2, 0.25) is 0 Å². The molecular formula is C48H52O6. The van der Waals surface area contributed by atoms with Crippen molar-refractivity contribution < 1.29 is 28.4 Å². The summed E-state index contributed by atoms with van der Waals surface area (Å²) < 4.78 is 39.9. The van der Waals surface area contributed by atoms with Crippen LogP contribution in [0.4, 0.5) is 0 Å². The lowest BCUT2D eigenvalue weighted by molar-refractivity contribution is -0.329. The quantitative estimate of drug-likeness (QED) is 0.0625. The van der Waals surface area contributed by atoms with E-state index in [-0.39, 0.29) is 6.10 Å². The maximum absolute atomic E-state index is 7.02. The van der Waals surface area contributed by atoms with Gasteiger partial charge in [-0.25, -0.2) is 0 Å². The Kier molecular flexibility index (Phi) is 13.2. The van der Waals surface area contributed by atoms with Gasteiger partial charge in [-0.2, -0.15) is 0 Å². The van der Waals surface area contributed by atoms with E-state index in [1.807, 2.05) is 54.6 Å². The van der Waals surface area contributed by atoms with E-state index in [0.29, 0.717) is 33.0 Å². The van der Waals surface area contributed by atoms with E-state index in [9.17, 15) is 0 Å². The third kappa shape index (κ3) is 9.45. The summed E-state index contributed by atoms with van der Waals surface area (Å²) in [6.07, 6.45) is 3.89. The first kappa shape index (κ1) is 37.9.